The molecule has 2 N–H and O–H groups in total. The molecule has 7 heteroatoms. The van der Waals surface area contributed by atoms with E-state index in [0.29, 0.717) is 11.3 Å². The molecule has 1 heterocycles. The molecule has 2 amide bonds. The molecule has 0 spiro atoms. The highest BCUT2D eigenvalue weighted by Crippen LogP contribution is 2.24. The largest absolute Gasteiger partial charge is 0.357 e. The Labute approximate surface area is 173 Å². The monoisotopic (exact) mass is 411 g/mol. The molecule has 0 fully saturated rings. The van der Waals surface area contributed by atoms with E-state index >= 15 is 0 Å². The Balaban J connectivity index is 1.97. The summed E-state index contributed by atoms with van der Waals surface area (Å²) in [6, 6.07) is 11.5. The summed E-state index contributed by atoms with van der Waals surface area (Å²) in [4.78, 5) is 25.4. The van der Waals surface area contributed by atoms with Crippen LogP contribution >= 0.6 is 0 Å². The first kappa shape index (κ1) is 21.2. The number of halogens is 2. The third kappa shape index (κ3) is 3.96. The maximum Gasteiger partial charge on any atom is 0.254 e. The summed E-state index contributed by atoms with van der Waals surface area (Å²) in [5.74, 6) is -3.14. The number of hydrogen-bond acceptors (Lipinski definition) is 2. The summed E-state index contributed by atoms with van der Waals surface area (Å²) in [5.41, 5.74) is 4.12. The van der Waals surface area contributed by atoms with Gasteiger partial charge in [0, 0.05) is 24.1 Å². The van der Waals surface area contributed by atoms with Crippen molar-refractivity contribution in [2.24, 2.45) is 0 Å². The lowest BCUT2D eigenvalue weighted by Gasteiger charge is -2.18. The van der Waals surface area contributed by atoms with Crippen molar-refractivity contribution in [1.29, 1.82) is 0 Å². The maximum absolute atomic E-state index is 13.7. The second kappa shape index (κ2) is 8.49. The van der Waals surface area contributed by atoms with Crippen molar-refractivity contribution >= 4 is 11.8 Å². The Morgan fingerprint density at radius 1 is 0.967 bits per heavy atom. The van der Waals surface area contributed by atoms with Gasteiger partial charge in [-0.25, -0.2) is 8.78 Å². The zero-order valence-corrected chi connectivity index (χ0v) is 17.2. The van der Waals surface area contributed by atoms with Gasteiger partial charge in [-0.2, -0.15) is 0 Å². The molecule has 3 aromatic rings. The predicted octanol–water partition coefficient (Wildman–Crippen LogP) is 3.90. The fourth-order valence-electron chi connectivity index (χ4n) is 3.52. The molecular weight excluding hydrogens is 388 g/mol. The van der Waals surface area contributed by atoms with Crippen molar-refractivity contribution in [3.63, 3.8) is 0 Å². The number of likely N-dealkylation sites (N-methyl/N-ethyl adjacent to an activating group) is 1. The molecule has 0 radical (unpaired) electrons. The minimum absolute atomic E-state index is 0.148. The molecule has 1 unspecified atom stereocenters. The molecule has 0 bridgehead atoms. The van der Waals surface area contributed by atoms with Gasteiger partial charge in [0.15, 0.2) is 11.6 Å². The van der Waals surface area contributed by atoms with Gasteiger partial charge in [-0.05, 0) is 56.2 Å². The summed E-state index contributed by atoms with van der Waals surface area (Å²) >= 11 is 0. The molecule has 1 atom stereocenters. The second-order valence-corrected chi connectivity index (χ2v) is 7.10. The number of nitrogens with zero attached hydrogens (tertiary/aromatic N) is 1. The summed E-state index contributed by atoms with van der Waals surface area (Å²) in [7, 11) is 1.41. The zero-order valence-electron chi connectivity index (χ0n) is 17.2. The topological polar surface area (TPSA) is 63.1 Å². The van der Waals surface area contributed by atoms with Crippen molar-refractivity contribution in [2.45, 2.75) is 26.8 Å². The SMILES string of the molecule is CNC(=O)C(NC(=O)c1cc(C)n(-c2ccccc2C)c1C)c1ccc(F)c(F)c1. The lowest BCUT2D eigenvalue weighted by Crippen LogP contribution is -2.39. The summed E-state index contributed by atoms with van der Waals surface area (Å²) in [6.45, 7) is 5.70. The fraction of sp³-hybridized carbons (Fsp3) is 0.217. The summed E-state index contributed by atoms with van der Waals surface area (Å²) in [6.07, 6.45) is 0. The van der Waals surface area contributed by atoms with Crippen molar-refractivity contribution in [3.8, 4) is 5.69 Å². The molecule has 1 aromatic heterocycles. The van der Waals surface area contributed by atoms with Crippen LogP contribution in [-0.2, 0) is 4.79 Å². The lowest BCUT2D eigenvalue weighted by molar-refractivity contribution is -0.122. The van der Waals surface area contributed by atoms with Crippen molar-refractivity contribution in [1.82, 2.24) is 15.2 Å². The number of amides is 2. The van der Waals surface area contributed by atoms with Crippen LogP contribution < -0.4 is 10.6 Å². The van der Waals surface area contributed by atoms with Gasteiger partial charge in [-0.3, -0.25) is 9.59 Å². The number of hydrogen-bond donors (Lipinski definition) is 2. The molecule has 0 aliphatic carbocycles. The van der Waals surface area contributed by atoms with Gasteiger partial charge in [-0.15, -0.1) is 0 Å². The van der Waals surface area contributed by atoms with Crippen LogP contribution in [0.3, 0.4) is 0 Å². The molecule has 30 heavy (non-hydrogen) atoms. The van der Waals surface area contributed by atoms with E-state index in [0.717, 1.165) is 29.1 Å². The fourth-order valence-corrected chi connectivity index (χ4v) is 3.52. The van der Waals surface area contributed by atoms with E-state index in [-0.39, 0.29) is 5.56 Å². The Bertz CT molecular complexity index is 1120. The van der Waals surface area contributed by atoms with E-state index in [9.17, 15) is 18.4 Å². The Morgan fingerprint density at radius 2 is 1.67 bits per heavy atom. The van der Waals surface area contributed by atoms with Crippen LogP contribution in [-0.4, -0.2) is 23.4 Å². The number of benzene rings is 2. The standard InChI is InChI=1S/C23H23F2N3O2/c1-13-7-5-6-8-20(13)28-14(2)11-17(15(28)3)22(29)27-21(23(30)26-4)16-9-10-18(24)19(25)12-16/h5-12,21H,1-4H3,(H,26,30)(H,27,29). The number of para-hydroxylation sites is 1. The third-order valence-corrected chi connectivity index (χ3v) is 5.09. The number of nitrogens with one attached hydrogen (secondary N) is 2. The van der Waals surface area contributed by atoms with Crippen molar-refractivity contribution < 1.29 is 18.4 Å². The van der Waals surface area contributed by atoms with E-state index < -0.39 is 29.5 Å². The molecule has 0 aliphatic rings. The Hall–Kier alpha value is -3.48. The van der Waals surface area contributed by atoms with Gasteiger partial charge >= 0.3 is 0 Å². The van der Waals surface area contributed by atoms with Gasteiger partial charge in [0.2, 0.25) is 5.91 Å². The van der Waals surface area contributed by atoms with Crippen LogP contribution in [0.25, 0.3) is 5.69 Å². The van der Waals surface area contributed by atoms with Crippen LogP contribution in [0.2, 0.25) is 0 Å². The molecule has 5 nitrogen and oxygen atoms in total. The minimum atomic E-state index is -1.17. The lowest BCUT2D eigenvalue weighted by atomic mass is 10.0. The van der Waals surface area contributed by atoms with Crippen LogP contribution in [0.4, 0.5) is 8.78 Å². The number of aromatic nitrogens is 1. The maximum atomic E-state index is 13.7. The molecular formula is C23H23F2N3O2. The molecule has 0 saturated heterocycles. The highest BCUT2D eigenvalue weighted by atomic mass is 19.2. The highest BCUT2D eigenvalue weighted by molar-refractivity contribution is 5.99. The number of carbonyl (C=O) groups excluding carboxylic acids is 2. The highest BCUT2D eigenvalue weighted by Gasteiger charge is 2.26. The van der Waals surface area contributed by atoms with E-state index in [1.165, 1.54) is 13.1 Å². The molecule has 2 aromatic carbocycles. The number of aryl methyl sites for hydroxylation is 2. The Morgan fingerprint density at radius 3 is 2.30 bits per heavy atom. The minimum Gasteiger partial charge on any atom is -0.357 e. The van der Waals surface area contributed by atoms with Crippen LogP contribution in [0.15, 0.2) is 48.5 Å². The van der Waals surface area contributed by atoms with Gasteiger partial charge in [0.05, 0.1) is 5.56 Å². The zero-order chi connectivity index (χ0) is 22.0. The van der Waals surface area contributed by atoms with E-state index in [1.807, 2.05) is 49.6 Å². The quantitative estimate of drug-likeness (QED) is 0.669. The molecule has 0 saturated carbocycles. The normalized spacial score (nSPS) is 11.8. The van der Waals surface area contributed by atoms with Gasteiger partial charge < -0.3 is 15.2 Å². The Kier molecular flexibility index (Phi) is 6.01. The van der Waals surface area contributed by atoms with Crippen LogP contribution in [0.1, 0.15) is 38.9 Å². The van der Waals surface area contributed by atoms with Crippen LogP contribution in [0.5, 0.6) is 0 Å². The summed E-state index contributed by atoms with van der Waals surface area (Å²) < 4.78 is 29.0. The van der Waals surface area contributed by atoms with E-state index in [2.05, 4.69) is 10.6 Å². The van der Waals surface area contributed by atoms with Gasteiger partial charge in [0.1, 0.15) is 6.04 Å². The van der Waals surface area contributed by atoms with Crippen molar-refractivity contribution in [3.05, 3.63) is 88.2 Å². The van der Waals surface area contributed by atoms with Crippen LogP contribution in [0, 0.1) is 32.4 Å². The smallest absolute Gasteiger partial charge is 0.254 e. The average molecular weight is 411 g/mol. The predicted molar refractivity (Wildman–Crippen MR) is 111 cm³/mol. The average Bonchev–Trinajstić information content (AvgIpc) is 3.02. The first-order valence-corrected chi connectivity index (χ1v) is 9.47. The van der Waals surface area contributed by atoms with E-state index in [1.54, 1.807) is 6.07 Å². The summed E-state index contributed by atoms with van der Waals surface area (Å²) in [5, 5.41) is 5.08. The molecule has 0 aliphatic heterocycles. The second-order valence-electron chi connectivity index (χ2n) is 7.10. The van der Waals surface area contributed by atoms with Gasteiger partial charge in [0.25, 0.3) is 5.91 Å². The molecule has 3 rings (SSSR count). The number of carbonyl (C=O) groups is 2. The van der Waals surface area contributed by atoms with Gasteiger partial charge in [-0.1, -0.05) is 24.3 Å². The van der Waals surface area contributed by atoms with Crippen molar-refractivity contribution in [2.75, 3.05) is 7.05 Å². The molecule has 156 valence electrons. The third-order valence-electron chi connectivity index (χ3n) is 5.09. The first-order chi connectivity index (χ1) is 14.2. The number of rotatable bonds is 5. The van der Waals surface area contributed by atoms with E-state index in [4.69, 9.17) is 0 Å². The first-order valence-electron chi connectivity index (χ1n) is 9.47.